The van der Waals surface area contributed by atoms with Gasteiger partial charge < -0.3 is 15.5 Å². The smallest absolute Gasteiger partial charge is 0.337 e. The highest BCUT2D eigenvalue weighted by molar-refractivity contribution is 5.97. The normalized spacial score (nSPS) is 13.4. The lowest BCUT2D eigenvalue weighted by Crippen LogP contribution is -2.46. The Hall–Kier alpha value is -2.67. The van der Waals surface area contributed by atoms with Gasteiger partial charge in [0.2, 0.25) is 0 Å². The zero-order chi connectivity index (χ0) is 17.2. The van der Waals surface area contributed by atoms with E-state index >= 15 is 0 Å². The van der Waals surface area contributed by atoms with E-state index < -0.39 is 24.0 Å². The third kappa shape index (κ3) is 3.40. The number of aryl methyl sites for hydroxylation is 1. The molecule has 7 nitrogen and oxygen atoms in total. The van der Waals surface area contributed by atoms with E-state index in [1.165, 1.54) is 0 Å². The molecular weight excluding hydrogens is 298 g/mol. The molecule has 1 heterocycles. The molecule has 2 rings (SSSR count). The molecule has 3 N–H and O–H groups in total. The predicted molar refractivity (Wildman–Crippen MR) is 83.6 cm³/mol. The summed E-state index contributed by atoms with van der Waals surface area (Å²) in [6.45, 7) is 4.20. The van der Waals surface area contributed by atoms with Crippen LogP contribution in [0.4, 0.5) is 0 Å². The summed E-state index contributed by atoms with van der Waals surface area (Å²) in [6, 6.07) is 9.37. The molecule has 1 unspecified atom stereocenters. The molecule has 0 aliphatic heterocycles. The number of benzene rings is 1. The molecule has 0 spiro atoms. The number of nitrogens with zero attached hydrogens (tertiary/aromatic N) is 2. The minimum absolute atomic E-state index is 0.370. The van der Waals surface area contributed by atoms with Crippen molar-refractivity contribution in [1.82, 2.24) is 15.1 Å². The second-order valence-corrected chi connectivity index (χ2v) is 5.55. The summed E-state index contributed by atoms with van der Waals surface area (Å²) < 4.78 is 1.65. The van der Waals surface area contributed by atoms with Crippen molar-refractivity contribution in [3.05, 3.63) is 47.3 Å². The number of carbonyl (C=O) groups is 2. The van der Waals surface area contributed by atoms with Gasteiger partial charge in [0, 0.05) is 0 Å². The number of nitrogens with one attached hydrogen (secondary N) is 1. The fourth-order valence-corrected chi connectivity index (χ4v) is 2.21. The van der Waals surface area contributed by atoms with Gasteiger partial charge in [-0.25, -0.2) is 9.48 Å². The maximum Gasteiger partial charge on any atom is 0.337 e. The Kier molecular flexibility index (Phi) is 4.51. The van der Waals surface area contributed by atoms with Gasteiger partial charge in [-0.2, -0.15) is 5.10 Å². The van der Waals surface area contributed by atoms with Crippen LogP contribution in [0.1, 0.15) is 28.7 Å². The Labute approximate surface area is 133 Å². The van der Waals surface area contributed by atoms with E-state index in [1.54, 1.807) is 18.5 Å². The first-order valence-corrected chi connectivity index (χ1v) is 7.09. The van der Waals surface area contributed by atoms with Crippen molar-refractivity contribution in [2.45, 2.75) is 26.4 Å². The van der Waals surface area contributed by atoms with Crippen LogP contribution in [0, 0.1) is 13.8 Å². The van der Waals surface area contributed by atoms with E-state index in [4.69, 9.17) is 5.11 Å². The number of aliphatic hydroxyl groups is 1. The second kappa shape index (κ2) is 6.21. The molecule has 0 fully saturated rings. The Morgan fingerprint density at radius 3 is 2.43 bits per heavy atom. The highest BCUT2D eigenvalue weighted by Crippen LogP contribution is 2.18. The van der Waals surface area contributed by atoms with Crippen LogP contribution in [0.25, 0.3) is 5.69 Å². The van der Waals surface area contributed by atoms with Gasteiger partial charge in [0.15, 0.2) is 5.60 Å². The molecule has 1 aromatic carbocycles. The molecule has 2 aromatic rings. The SMILES string of the molecule is Cc1nn(-c2ccccc2)c(C)c1C(=O)NCC(C)(O)C(=O)O. The average molecular weight is 317 g/mol. The number of carbonyl (C=O) groups excluding carboxylic acids is 1. The molecule has 0 aliphatic rings. The lowest BCUT2D eigenvalue weighted by Gasteiger charge is -2.18. The summed E-state index contributed by atoms with van der Waals surface area (Å²) >= 11 is 0. The van der Waals surface area contributed by atoms with Gasteiger partial charge >= 0.3 is 5.97 Å². The number of rotatable bonds is 5. The van der Waals surface area contributed by atoms with Crippen LogP contribution in [-0.2, 0) is 4.79 Å². The lowest BCUT2D eigenvalue weighted by molar-refractivity contribution is -0.155. The van der Waals surface area contributed by atoms with E-state index in [9.17, 15) is 14.7 Å². The molecule has 23 heavy (non-hydrogen) atoms. The minimum Gasteiger partial charge on any atom is -0.479 e. The van der Waals surface area contributed by atoms with Crippen molar-refractivity contribution in [1.29, 1.82) is 0 Å². The number of para-hydroxylation sites is 1. The van der Waals surface area contributed by atoms with Gasteiger partial charge in [-0.1, -0.05) is 18.2 Å². The minimum atomic E-state index is -2.02. The molecule has 0 saturated carbocycles. The number of carboxylic acids is 1. The maximum absolute atomic E-state index is 12.3. The van der Waals surface area contributed by atoms with Crippen molar-refractivity contribution in [2.75, 3.05) is 6.54 Å². The van der Waals surface area contributed by atoms with Crippen molar-refractivity contribution < 1.29 is 19.8 Å². The van der Waals surface area contributed by atoms with Gasteiger partial charge in [-0.3, -0.25) is 4.79 Å². The number of hydrogen-bond acceptors (Lipinski definition) is 4. The second-order valence-electron chi connectivity index (χ2n) is 5.55. The largest absolute Gasteiger partial charge is 0.479 e. The van der Waals surface area contributed by atoms with Crippen LogP contribution in [0.3, 0.4) is 0 Å². The summed E-state index contributed by atoms with van der Waals surface area (Å²) in [5, 5.41) is 25.3. The highest BCUT2D eigenvalue weighted by atomic mass is 16.4. The fourth-order valence-electron chi connectivity index (χ4n) is 2.21. The molecule has 0 radical (unpaired) electrons. The van der Waals surface area contributed by atoms with Gasteiger partial charge in [0.05, 0.1) is 29.2 Å². The van der Waals surface area contributed by atoms with Crippen molar-refractivity contribution >= 4 is 11.9 Å². The van der Waals surface area contributed by atoms with Gasteiger partial charge in [0.1, 0.15) is 0 Å². The number of hydrogen-bond donors (Lipinski definition) is 3. The lowest BCUT2D eigenvalue weighted by atomic mass is 10.1. The first-order valence-electron chi connectivity index (χ1n) is 7.09. The van der Waals surface area contributed by atoms with Crippen LogP contribution in [0.2, 0.25) is 0 Å². The average Bonchev–Trinajstić information content (AvgIpc) is 2.80. The maximum atomic E-state index is 12.3. The van der Waals surface area contributed by atoms with Gasteiger partial charge in [-0.05, 0) is 32.9 Å². The Bertz CT molecular complexity index is 735. The number of aliphatic carboxylic acids is 1. The van der Waals surface area contributed by atoms with Crippen LogP contribution in [0.5, 0.6) is 0 Å². The highest BCUT2D eigenvalue weighted by Gasteiger charge is 2.31. The van der Waals surface area contributed by atoms with Crippen LogP contribution < -0.4 is 5.32 Å². The predicted octanol–water partition coefficient (Wildman–Crippen LogP) is 1.05. The molecule has 1 aromatic heterocycles. The van der Waals surface area contributed by atoms with E-state index in [0.29, 0.717) is 17.0 Å². The van der Waals surface area contributed by atoms with Crippen LogP contribution >= 0.6 is 0 Å². The quantitative estimate of drug-likeness (QED) is 0.765. The number of amides is 1. The van der Waals surface area contributed by atoms with E-state index in [-0.39, 0.29) is 0 Å². The van der Waals surface area contributed by atoms with Crippen molar-refractivity contribution in [3.63, 3.8) is 0 Å². The Balaban J connectivity index is 2.26. The summed E-state index contributed by atoms with van der Waals surface area (Å²) in [5.74, 6) is -1.87. The first kappa shape index (κ1) is 16.7. The molecular formula is C16H19N3O4. The van der Waals surface area contributed by atoms with Crippen LogP contribution in [0.15, 0.2) is 30.3 Å². The summed E-state index contributed by atoms with van der Waals surface area (Å²) in [6.07, 6.45) is 0. The van der Waals surface area contributed by atoms with E-state index in [1.807, 2.05) is 30.3 Å². The molecule has 0 saturated heterocycles. The third-order valence-corrected chi connectivity index (χ3v) is 3.57. The van der Waals surface area contributed by atoms with E-state index in [2.05, 4.69) is 10.4 Å². The van der Waals surface area contributed by atoms with Gasteiger partial charge in [-0.15, -0.1) is 0 Å². The third-order valence-electron chi connectivity index (χ3n) is 3.57. The zero-order valence-corrected chi connectivity index (χ0v) is 13.2. The molecule has 0 bridgehead atoms. The monoisotopic (exact) mass is 317 g/mol. The zero-order valence-electron chi connectivity index (χ0n) is 13.2. The van der Waals surface area contributed by atoms with E-state index in [0.717, 1.165) is 12.6 Å². The van der Waals surface area contributed by atoms with Crippen molar-refractivity contribution in [2.24, 2.45) is 0 Å². The molecule has 1 amide bonds. The first-order chi connectivity index (χ1) is 10.7. The summed E-state index contributed by atoms with van der Waals surface area (Å²) in [7, 11) is 0. The molecule has 122 valence electrons. The van der Waals surface area contributed by atoms with Crippen molar-refractivity contribution in [3.8, 4) is 5.69 Å². The molecule has 0 aliphatic carbocycles. The van der Waals surface area contributed by atoms with Crippen LogP contribution in [-0.4, -0.2) is 44.0 Å². The fraction of sp³-hybridized carbons (Fsp3) is 0.312. The summed E-state index contributed by atoms with van der Waals surface area (Å²) in [5.41, 5.74) is 0.340. The number of carboxylic acid groups (broad SMARTS) is 1. The summed E-state index contributed by atoms with van der Waals surface area (Å²) in [4.78, 5) is 23.2. The standard InChI is InChI=1S/C16H19N3O4/c1-10-13(14(20)17-9-16(3,23)15(21)22)11(2)19(18-10)12-7-5-4-6-8-12/h4-8,23H,9H2,1-3H3,(H,17,20)(H,21,22). The molecule has 7 heteroatoms. The Morgan fingerprint density at radius 1 is 1.26 bits per heavy atom. The van der Waals surface area contributed by atoms with Gasteiger partial charge in [0.25, 0.3) is 5.91 Å². The molecule has 1 atom stereocenters. The topological polar surface area (TPSA) is 104 Å². The Morgan fingerprint density at radius 2 is 1.87 bits per heavy atom. The number of aromatic nitrogens is 2.